The number of hydrogen-bond acceptors (Lipinski definition) is 3. The summed E-state index contributed by atoms with van der Waals surface area (Å²) in [5.74, 6) is 2.12. The van der Waals surface area contributed by atoms with E-state index in [-0.39, 0.29) is 0 Å². The maximum absolute atomic E-state index is 6.02. The van der Waals surface area contributed by atoms with E-state index in [1.54, 1.807) is 11.8 Å². The van der Waals surface area contributed by atoms with E-state index < -0.39 is 4.33 Å². The van der Waals surface area contributed by atoms with Crippen molar-refractivity contribution in [1.29, 1.82) is 0 Å². The van der Waals surface area contributed by atoms with Crippen LogP contribution in [-0.2, 0) is 7.05 Å². The molecule has 1 aromatic heterocycles. The molecule has 3 nitrogen and oxygen atoms in total. The predicted octanol–water partition coefficient (Wildman–Crippen LogP) is 3.77. The number of aromatic nitrogens is 3. The third-order valence-electron chi connectivity index (χ3n) is 3.24. The first-order valence-corrected chi connectivity index (χ1v) is 7.77. The fraction of sp³-hybridized carbons (Fsp3) is 0.385. The van der Waals surface area contributed by atoms with E-state index in [0.29, 0.717) is 5.92 Å². The highest BCUT2D eigenvalue weighted by molar-refractivity contribution is 7.99. The maximum atomic E-state index is 6.02. The Bertz CT molecular complexity index is 583. The van der Waals surface area contributed by atoms with E-state index in [2.05, 4.69) is 10.2 Å². The smallest absolute Gasteiger partial charge is 0.191 e. The summed E-state index contributed by atoms with van der Waals surface area (Å²) in [4.78, 5) is 0. The quantitative estimate of drug-likeness (QED) is 0.636. The van der Waals surface area contributed by atoms with E-state index in [1.807, 2.05) is 41.9 Å². The van der Waals surface area contributed by atoms with Crippen molar-refractivity contribution in [2.45, 2.75) is 15.9 Å². The van der Waals surface area contributed by atoms with E-state index in [0.717, 1.165) is 28.7 Å². The molecule has 1 aliphatic carbocycles. The van der Waals surface area contributed by atoms with Gasteiger partial charge in [0.25, 0.3) is 0 Å². The van der Waals surface area contributed by atoms with E-state index in [4.69, 9.17) is 23.2 Å². The average molecular weight is 314 g/mol. The molecule has 2 aromatic rings. The van der Waals surface area contributed by atoms with Gasteiger partial charge < -0.3 is 4.57 Å². The van der Waals surface area contributed by atoms with Crippen molar-refractivity contribution in [2.75, 3.05) is 5.75 Å². The molecule has 1 heterocycles. The molecule has 100 valence electrons. The molecule has 0 bridgehead atoms. The van der Waals surface area contributed by atoms with Gasteiger partial charge in [-0.2, -0.15) is 0 Å². The molecule has 0 spiro atoms. The molecular weight excluding hydrogens is 301 g/mol. The lowest BCUT2D eigenvalue weighted by Crippen LogP contribution is -1.97. The van der Waals surface area contributed by atoms with Crippen LogP contribution in [0.3, 0.4) is 0 Å². The molecule has 0 N–H and O–H groups in total. The van der Waals surface area contributed by atoms with Crippen LogP contribution in [0.4, 0.5) is 0 Å². The molecule has 19 heavy (non-hydrogen) atoms. The van der Waals surface area contributed by atoms with Gasteiger partial charge in [0.2, 0.25) is 0 Å². The van der Waals surface area contributed by atoms with Gasteiger partial charge in [-0.1, -0.05) is 42.1 Å². The first-order chi connectivity index (χ1) is 9.08. The molecule has 0 aliphatic heterocycles. The standard InChI is InChI=1S/C13H13Cl2N3S/c1-18-11(9-5-3-2-4-6-9)16-17-12(18)19-8-10-7-13(10,14)15/h2-6,10H,7-8H2,1H3. The first kappa shape index (κ1) is 13.3. The Morgan fingerprint density at radius 2 is 2.00 bits per heavy atom. The number of alkyl halides is 2. The number of halogens is 2. The van der Waals surface area contributed by atoms with Gasteiger partial charge in [-0.15, -0.1) is 33.4 Å². The van der Waals surface area contributed by atoms with Crippen LogP contribution in [0.25, 0.3) is 11.4 Å². The Morgan fingerprint density at radius 3 is 2.63 bits per heavy atom. The largest absolute Gasteiger partial charge is 0.305 e. The lowest BCUT2D eigenvalue weighted by Gasteiger charge is -2.03. The summed E-state index contributed by atoms with van der Waals surface area (Å²) in [6, 6.07) is 10.0. The molecular formula is C13H13Cl2N3S. The van der Waals surface area contributed by atoms with Gasteiger partial charge in [0.15, 0.2) is 11.0 Å². The molecule has 1 aromatic carbocycles. The minimum absolute atomic E-state index is 0.359. The first-order valence-electron chi connectivity index (χ1n) is 6.03. The monoisotopic (exact) mass is 313 g/mol. The number of thioether (sulfide) groups is 1. The van der Waals surface area contributed by atoms with Crippen molar-refractivity contribution in [3.63, 3.8) is 0 Å². The van der Waals surface area contributed by atoms with Crippen LogP contribution in [-0.4, -0.2) is 24.9 Å². The summed E-state index contributed by atoms with van der Waals surface area (Å²) < 4.78 is 1.49. The highest BCUT2D eigenvalue weighted by Gasteiger charge is 2.51. The van der Waals surface area contributed by atoms with Gasteiger partial charge in [-0.3, -0.25) is 0 Å². The lowest BCUT2D eigenvalue weighted by molar-refractivity contribution is 0.791. The van der Waals surface area contributed by atoms with Gasteiger partial charge >= 0.3 is 0 Å². The fourth-order valence-electron chi connectivity index (χ4n) is 1.90. The van der Waals surface area contributed by atoms with Gasteiger partial charge in [-0.25, -0.2) is 0 Å². The minimum Gasteiger partial charge on any atom is -0.305 e. The van der Waals surface area contributed by atoms with Crippen molar-refractivity contribution < 1.29 is 0 Å². The van der Waals surface area contributed by atoms with Crippen LogP contribution >= 0.6 is 35.0 Å². The number of hydrogen-bond donors (Lipinski definition) is 0. The Hall–Kier alpha value is -0.710. The molecule has 0 saturated heterocycles. The van der Waals surface area contributed by atoms with Crippen LogP contribution in [0.2, 0.25) is 0 Å². The Labute approximate surface area is 126 Å². The molecule has 1 fully saturated rings. The number of nitrogens with zero attached hydrogens (tertiary/aromatic N) is 3. The van der Waals surface area contributed by atoms with Crippen LogP contribution < -0.4 is 0 Å². The summed E-state index contributed by atoms with van der Waals surface area (Å²) in [6.45, 7) is 0. The second kappa shape index (κ2) is 5.00. The molecule has 1 aliphatic rings. The molecule has 1 atom stereocenters. The Kier molecular flexibility index (Phi) is 3.50. The van der Waals surface area contributed by atoms with Gasteiger partial charge in [0, 0.05) is 24.3 Å². The lowest BCUT2D eigenvalue weighted by atomic mass is 10.2. The SMILES string of the molecule is Cn1c(SCC2CC2(Cl)Cl)nnc1-c1ccccc1. The Morgan fingerprint density at radius 1 is 1.32 bits per heavy atom. The van der Waals surface area contributed by atoms with E-state index in [1.165, 1.54) is 0 Å². The van der Waals surface area contributed by atoms with Crippen molar-refractivity contribution >= 4 is 35.0 Å². The average Bonchev–Trinajstić information content (AvgIpc) is 2.85. The summed E-state index contributed by atoms with van der Waals surface area (Å²) in [6.07, 6.45) is 0.868. The summed E-state index contributed by atoms with van der Waals surface area (Å²) in [5.41, 5.74) is 1.07. The van der Waals surface area contributed by atoms with Gasteiger partial charge in [-0.05, 0) is 6.42 Å². The Balaban J connectivity index is 1.73. The number of rotatable bonds is 4. The second-order valence-electron chi connectivity index (χ2n) is 4.70. The van der Waals surface area contributed by atoms with E-state index in [9.17, 15) is 0 Å². The zero-order valence-corrected chi connectivity index (χ0v) is 12.7. The van der Waals surface area contributed by atoms with Crippen LogP contribution in [0, 0.1) is 5.92 Å². The second-order valence-corrected chi connectivity index (χ2v) is 7.23. The summed E-state index contributed by atoms with van der Waals surface area (Å²) in [5, 5.41) is 9.37. The minimum atomic E-state index is -0.520. The zero-order valence-electron chi connectivity index (χ0n) is 10.4. The molecule has 6 heteroatoms. The third kappa shape index (κ3) is 2.76. The summed E-state index contributed by atoms with van der Waals surface area (Å²) >= 11 is 13.7. The van der Waals surface area contributed by atoms with E-state index >= 15 is 0 Å². The van der Waals surface area contributed by atoms with Crippen LogP contribution in [0.1, 0.15) is 6.42 Å². The zero-order chi connectivity index (χ0) is 13.5. The third-order valence-corrected chi connectivity index (χ3v) is 5.34. The fourth-order valence-corrected chi connectivity index (χ4v) is 3.75. The summed E-state index contributed by atoms with van der Waals surface area (Å²) in [7, 11) is 1.98. The molecule has 1 unspecified atom stereocenters. The molecule has 3 rings (SSSR count). The highest BCUT2D eigenvalue weighted by Crippen LogP contribution is 2.54. The number of benzene rings is 1. The normalized spacial score (nSPS) is 20.5. The van der Waals surface area contributed by atoms with Gasteiger partial charge in [0.05, 0.1) is 0 Å². The predicted molar refractivity (Wildman–Crippen MR) is 79.7 cm³/mol. The van der Waals surface area contributed by atoms with Crippen LogP contribution in [0.15, 0.2) is 35.5 Å². The van der Waals surface area contributed by atoms with Crippen molar-refractivity contribution in [1.82, 2.24) is 14.8 Å². The van der Waals surface area contributed by atoms with Gasteiger partial charge in [0.1, 0.15) is 4.33 Å². The van der Waals surface area contributed by atoms with Crippen molar-refractivity contribution in [3.05, 3.63) is 30.3 Å². The maximum Gasteiger partial charge on any atom is 0.191 e. The molecule has 0 amide bonds. The van der Waals surface area contributed by atoms with Crippen molar-refractivity contribution in [2.24, 2.45) is 13.0 Å². The highest BCUT2D eigenvalue weighted by atomic mass is 35.5. The van der Waals surface area contributed by atoms with Crippen molar-refractivity contribution in [3.8, 4) is 11.4 Å². The topological polar surface area (TPSA) is 30.7 Å². The molecule has 1 saturated carbocycles. The molecule has 0 radical (unpaired) electrons. The van der Waals surface area contributed by atoms with Crippen LogP contribution in [0.5, 0.6) is 0 Å².